The summed E-state index contributed by atoms with van der Waals surface area (Å²) in [6, 6.07) is 1.33. The molecule has 1 aliphatic carbocycles. The highest BCUT2D eigenvalue weighted by atomic mass is 16.5. The van der Waals surface area contributed by atoms with Crippen LogP contribution in [0.4, 0.5) is 0 Å². The van der Waals surface area contributed by atoms with Crippen LogP contribution in [0.2, 0.25) is 0 Å². The molecule has 0 radical (unpaired) electrons. The van der Waals surface area contributed by atoms with E-state index in [1.807, 2.05) is 0 Å². The van der Waals surface area contributed by atoms with Gasteiger partial charge in [-0.1, -0.05) is 27.7 Å². The predicted molar refractivity (Wildman–Crippen MR) is 89.7 cm³/mol. The second-order valence-corrected chi connectivity index (χ2v) is 7.99. The molecule has 0 aromatic rings. The minimum absolute atomic E-state index is 0.391. The summed E-state index contributed by atoms with van der Waals surface area (Å²) in [6.45, 7) is 16.0. The molecule has 3 heteroatoms. The van der Waals surface area contributed by atoms with Crippen molar-refractivity contribution in [3.63, 3.8) is 0 Å². The molecule has 21 heavy (non-hydrogen) atoms. The molecule has 1 N–H and O–H groups in total. The zero-order chi connectivity index (χ0) is 15.5. The van der Waals surface area contributed by atoms with E-state index in [0.29, 0.717) is 23.6 Å². The van der Waals surface area contributed by atoms with E-state index in [2.05, 4.69) is 44.8 Å². The normalized spacial score (nSPS) is 37.6. The molecule has 1 saturated heterocycles. The van der Waals surface area contributed by atoms with Crippen molar-refractivity contribution in [2.45, 2.75) is 78.5 Å². The molecule has 1 heterocycles. The zero-order valence-corrected chi connectivity index (χ0v) is 14.8. The summed E-state index contributed by atoms with van der Waals surface area (Å²) in [5, 5.41) is 3.75. The summed E-state index contributed by atoms with van der Waals surface area (Å²) < 4.78 is 5.86. The fraction of sp³-hybridized carbons (Fsp3) is 1.00. The van der Waals surface area contributed by atoms with Crippen LogP contribution in [0.1, 0.15) is 60.3 Å². The van der Waals surface area contributed by atoms with Gasteiger partial charge in [0.25, 0.3) is 0 Å². The standard InChI is InChI=1S/C18H36N2O/c1-6-16-13-21-14(3)11-20(16)12-15-10-18(4,5)9-8-17(15)19-7-2/h14-17,19H,6-13H2,1-5H3. The van der Waals surface area contributed by atoms with Crippen molar-refractivity contribution in [3.8, 4) is 0 Å². The average Bonchev–Trinajstić information content (AvgIpc) is 2.42. The Morgan fingerprint density at radius 2 is 2.05 bits per heavy atom. The van der Waals surface area contributed by atoms with Crippen LogP contribution in [0.3, 0.4) is 0 Å². The van der Waals surface area contributed by atoms with Crippen LogP contribution in [-0.4, -0.2) is 49.3 Å². The second-order valence-electron chi connectivity index (χ2n) is 7.99. The second kappa shape index (κ2) is 7.43. The van der Waals surface area contributed by atoms with Crippen LogP contribution < -0.4 is 5.32 Å². The quantitative estimate of drug-likeness (QED) is 0.842. The van der Waals surface area contributed by atoms with Gasteiger partial charge in [0.05, 0.1) is 12.7 Å². The van der Waals surface area contributed by atoms with E-state index < -0.39 is 0 Å². The lowest BCUT2D eigenvalue weighted by molar-refractivity contribution is -0.0665. The van der Waals surface area contributed by atoms with Gasteiger partial charge in [0, 0.05) is 25.2 Å². The topological polar surface area (TPSA) is 24.5 Å². The van der Waals surface area contributed by atoms with Gasteiger partial charge < -0.3 is 10.1 Å². The summed E-state index contributed by atoms with van der Waals surface area (Å²) in [5.41, 5.74) is 0.510. The van der Waals surface area contributed by atoms with Crippen molar-refractivity contribution >= 4 is 0 Å². The Bertz CT molecular complexity index is 318. The van der Waals surface area contributed by atoms with E-state index in [1.54, 1.807) is 0 Å². The summed E-state index contributed by atoms with van der Waals surface area (Å²) in [4.78, 5) is 2.71. The Morgan fingerprint density at radius 1 is 1.29 bits per heavy atom. The van der Waals surface area contributed by atoms with Crippen LogP contribution in [0.25, 0.3) is 0 Å². The van der Waals surface area contributed by atoms with Crippen molar-refractivity contribution in [1.29, 1.82) is 0 Å². The van der Waals surface area contributed by atoms with E-state index in [1.165, 1.54) is 32.2 Å². The Morgan fingerprint density at radius 3 is 2.71 bits per heavy atom. The van der Waals surface area contributed by atoms with Gasteiger partial charge >= 0.3 is 0 Å². The molecule has 0 aromatic heterocycles. The maximum atomic E-state index is 5.86. The van der Waals surface area contributed by atoms with Gasteiger partial charge in [-0.3, -0.25) is 4.90 Å². The average molecular weight is 296 g/mol. The van der Waals surface area contributed by atoms with Gasteiger partial charge in [-0.25, -0.2) is 0 Å². The Hall–Kier alpha value is -0.120. The van der Waals surface area contributed by atoms with Crippen molar-refractivity contribution in [1.82, 2.24) is 10.2 Å². The van der Waals surface area contributed by atoms with E-state index in [0.717, 1.165) is 25.6 Å². The minimum Gasteiger partial charge on any atom is -0.376 e. The first-order valence-electron chi connectivity index (χ1n) is 9.04. The van der Waals surface area contributed by atoms with Crippen molar-refractivity contribution < 1.29 is 4.74 Å². The first kappa shape index (κ1) is 17.2. The summed E-state index contributed by atoms with van der Waals surface area (Å²) >= 11 is 0. The molecule has 1 saturated carbocycles. The Kier molecular flexibility index (Phi) is 6.10. The molecule has 2 rings (SSSR count). The fourth-order valence-corrected chi connectivity index (χ4v) is 4.27. The highest BCUT2D eigenvalue weighted by Crippen LogP contribution is 2.39. The molecule has 0 amide bonds. The first-order valence-corrected chi connectivity index (χ1v) is 9.04. The zero-order valence-electron chi connectivity index (χ0n) is 14.8. The number of ether oxygens (including phenoxy) is 1. The lowest BCUT2D eigenvalue weighted by Crippen LogP contribution is -2.54. The smallest absolute Gasteiger partial charge is 0.0674 e. The van der Waals surface area contributed by atoms with Crippen LogP contribution in [-0.2, 0) is 4.74 Å². The largest absolute Gasteiger partial charge is 0.376 e. The molecule has 1 aliphatic heterocycles. The SMILES string of the molecule is CCNC1CCC(C)(C)CC1CN1CC(C)OCC1CC. The van der Waals surface area contributed by atoms with Crippen LogP contribution in [0.5, 0.6) is 0 Å². The lowest BCUT2D eigenvalue weighted by atomic mass is 9.69. The molecule has 2 aliphatic rings. The molecule has 2 fully saturated rings. The highest BCUT2D eigenvalue weighted by Gasteiger charge is 2.37. The Labute approximate surface area is 131 Å². The van der Waals surface area contributed by atoms with Crippen molar-refractivity contribution in [2.24, 2.45) is 11.3 Å². The number of nitrogens with zero attached hydrogens (tertiary/aromatic N) is 1. The van der Waals surface area contributed by atoms with E-state index in [9.17, 15) is 0 Å². The molecule has 0 bridgehead atoms. The maximum absolute atomic E-state index is 5.86. The van der Waals surface area contributed by atoms with Crippen molar-refractivity contribution in [2.75, 3.05) is 26.2 Å². The van der Waals surface area contributed by atoms with Crippen molar-refractivity contribution in [3.05, 3.63) is 0 Å². The van der Waals surface area contributed by atoms with Gasteiger partial charge in [0.1, 0.15) is 0 Å². The highest BCUT2D eigenvalue weighted by molar-refractivity contribution is 4.92. The Balaban J connectivity index is 2.01. The van der Waals surface area contributed by atoms with E-state index in [4.69, 9.17) is 4.74 Å². The maximum Gasteiger partial charge on any atom is 0.0674 e. The number of rotatable bonds is 5. The molecule has 124 valence electrons. The fourth-order valence-electron chi connectivity index (χ4n) is 4.27. The molecule has 0 aromatic carbocycles. The molecule has 0 spiro atoms. The summed E-state index contributed by atoms with van der Waals surface area (Å²) in [5.74, 6) is 0.785. The molecular weight excluding hydrogens is 260 g/mol. The minimum atomic E-state index is 0.391. The molecule has 4 unspecified atom stereocenters. The summed E-state index contributed by atoms with van der Waals surface area (Å²) in [7, 11) is 0. The monoisotopic (exact) mass is 296 g/mol. The van der Waals surface area contributed by atoms with Gasteiger partial charge in [0.2, 0.25) is 0 Å². The van der Waals surface area contributed by atoms with E-state index >= 15 is 0 Å². The van der Waals surface area contributed by atoms with Gasteiger partial charge in [-0.2, -0.15) is 0 Å². The van der Waals surface area contributed by atoms with Crippen LogP contribution >= 0.6 is 0 Å². The number of hydrogen-bond donors (Lipinski definition) is 1. The number of nitrogens with one attached hydrogen (secondary N) is 1. The van der Waals surface area contributed by atoms with Gasteiger partial charge in [0.15, 0.2) is 0 Å². The first-order chi connectivity index (χ1) is 9.95. The predicted octanol–water partition coefficient (Wildman–Crippen LogP) is 3.29. The van der Waals surface area contributed by atoms with Gasteiger partial charge in [-0.05, 0) is 50.5 Å². The van der Waals surface area contributed by atoms with Crippen LogP contribution in [0.15, 0.2) is 0 Å². The molecule has 3 nitrogen and oxygen atoms in total. The molecular formula is C18H36N2O. The van der Waals surface area contributed by atoms with Crippen LogP contribution in [0, 0.1) is 11.3 Å². The molecule has 4 atom stereocenters. The van der Waals surface area contributed by atoms with E-state index in [-0.39, 0.29) is 0 Å². The third-order valence-corrected chi connectivity index (χ3v) is 5.50. The third kappa shape index (κ3) is 4.67. The third-order valence-electron chi connectivity index (χ3n) is 5.50. The number of hydrogen-bond acceptors (Lipinski definition) is 3. The summed E-state index contributed by atoms with van der Waals surface area (Å²) in [6.07, 6.45) is 5.64. The number of morpholine rings is 1. The lowest BCUT2D eigenvalue weighted by Gasteiger charge is -2.46. The van der Waals surface area contributed by atoms with Gasteiger partial charge in [-0.15, -0.1) is 0 Å².